The van der Waals surface area contributed by atoms with Crippen LogP contribution in [0.1, 0.15) is 38.1 Å². The molecule has 0 radical (unpaired) electrons. The summed E-state index contributed by atoms with van der Waals surface area (Å²) in [5.41, 5.74) is 0.998. The van der Waals surface area contributed by atoms with Gasteiger partial charge in [0.25, 0.3) is 0 Å². The van der Waals surface area contributed by atoms with E-state index in [1.165, 1.54) is 0 Å². The molecule has 1 aliphatic rings. The van der Waals surface area contributed by atoms with Crippen LogP contribution >= 0.6 is 0 Å². The van der Waals surface area contributed by atoms with Gasteiger partial charge in [-0.3, -0.25) is 9.78 Å². The fourth-order valence-electron chi connectivity index (χ4n) is 2.02. The van der Waals surface area contributed by atoms with Gasteiger partial charge in [0, 0.05) is 6.20 Å². The van der Waals surface area contributed by atoms with Crippen LogP contribution in [0.2, 0.25) is 0 Å². The fraction of sp³-hybridized carbons (Fsp3) is 0.538. The highest BCUT2D eigenvalue weighted by molar-refractivity contribution is 5.75. The van der Waals surface area contributed by atoms with Gasteiger partial charge >= 0.3 is 5.97 Å². The van der Waals surface area contributed by atoms with Crippen molar-refractivity contribution in [1.82, 2.24) is 4.98 Å². The molecule has 1 aromatic rings. The Bertz CT molecular complexity index is 437. The first kappa shape index (κ1) is 12.0. The van der Waals surface area contributed by atoms with E-state index in [4.69, 9.17) is 4.74 Å². The number of aliphatic hydroxyl groups excluding tert-OH is 1. The molecule has 17 heavy (non-hydrogen) atoms. The van der Waals surface area contributed by atoms with Gasteiger partial charge in [0.05, 0.1) is 11.6 Å². The van der Waals surface area contributed by atoms with E-state index in [0.29, 0.717) is 12.1 Å². The van der Waals surface area contributed by atoms with Gasteiger partial charge in [0.15, 0.2) is 0 Å². The predicted octanol–water partition coefficient (Wildman–Crippen LogP) is 1.63. The lowest BCUT2D eigenvalue weighted by molar-refractivity contribution is -0.163. The second-order valence-corrected chi connectivity index (χ2v) is 5.34. The van der Waals surface area contributed by atoms with Gasteiger partial charge in [-0.1, -0.05) is 6.07 Å². The average Bonchev–Trinajstić information content (AvgIpc) is 2.55. The summed E-state index contributed by atoms with van der Waals surface area (Å²) in [5, 5.41) is 10.0. The third-order valence-electron chi connectivity index (χ3n) is 2.74. The van der Waals surface area contributed by atoms with E-state index < -0.39 is 17.6 Å². The number of ether oxygens (including phenoxy) is 1. The first-order valence-corrected chi connectivity index (χ1v) is 5.73. The van der Waals surface area contributed by atoms with Crippen molar-refractivity contribution in [2.24, 2.45) is 5.92 Å². The predicted molar refractivity (Wildman–Crippen MR) is 62.2 cm³/mol. The number of hydrogen-bond donors (Lipinski definition) is 1. The molecule has 0 saturated carbocycles. The van der Waals surface area contributed by atoms with E-state index in [9.17, 15) is 9.90 Å². The highest BCUT2D eigenvalue weighted by Gasteiger charge is 2.39. The van der Waals surface area contributed by atoms with Crippen LogP contribution in [0.15, 0.2) is 18.3 Å². The molecule has 0 aromatic carbocycles. The minimum Gasteiger partial charge on any atom is -0.460 e. The average molecular weight is 235 g/mol. The molecule has 1 aromatic heterocycles. The van der Waals surface area contributed by atoms with Crippen LogP contribution in [-0.4, -0.2) is 21.7 Å². The number of aromatic nitrogens is 1. The first-order chi connectivity index (χ1) is 7.88. The van der Waals surface area contributed by atoms with E-state index in [1.54, 1.807) is 6.20 Å². The van der Waals surface area contributed by atoms with Crippen molar-refractivity contribution in [2.45, 2.75) is 38.9 Å². The highest BCUT2D eigenvalue weighted by atomic mass is 16.6. The summed E-state index contributed by atoms with van der Waals surface area (Å²) in [6.07, 6.45) is 1.28. The summed E-state index contributed by atoms with van der Waals surface area (Å²) < 4.78 is 5.30. The van der Waals surface area contributed by atoms with Crippen LogP contribution in [0.5, 0.6) is 0 Å². The summed E-state index contributed by atoms with van der Waals surface area (Å²) in [6, 6.07) is 3.69. The number of hydrogen-bond acceptors (Lipinski definition) is 4. The number of pyridine rings is 1. The van der Waals surface area contributed by atoms with E-state index in [0.717, 1.165) is 5.56 Å². The Balaban J connectivity index is 2.15. The molecule has 2 unspecified atom stereocenters. The van der Waals surface area contributed by atoms with E-state index >= 15 is 0 Å². The maximum Gasteiger partial charge on any atom is 0.312 e. The van der Waals surface area contributed by atoms with Crippen LogP contribution < -0.4 is 0 Å². The third kappa shape index (κ3) is 2.47. The monoisotopic (exact) mass is 235 g/mol. The topological polar surface area (TPSA) is 59.4 Å². The Labute approximate surface area is 101 Å². The number of esters is 1. The molecule has 0 bridgehead atoms. The molecular weight excluding hydrogens is 218 g/mol. The van der Waals surface area contributed by atoms with E-state index in [-0.39, 0.29) is 5.97 Å². The van der Waals surface area contributed by atoms with Gasteiger partial charge in [0.1, 0.15) is 11.7 Å². The molecule has 2 atom stereocenters. The van der Waals surface area contributed by atoms with Gasteiger partial charge in [0.2, 0.25) is 0 Å². The number of rotatable bonds is 1. The van der Waals surface area contributed by atoms with Crippen LogP contribution in [0.3, 0.4) is 0 Å². The smallest absolute Gasteiger partial charge is 0.312 e. The molecule has 0 amide bonds. The molecule has 0 saturated heterocycles. The van der Waals surface area contributed by atoms with Gasteiger partial charge in [-0.05, 0) is 38.8 Å². The van der Waals surface area contributed by atoms with Crippen LogP contribution in [0.25, 0.3) is 0 Å². The lowest BCUT2D eigenvalue weighted by Gasteiger charge is -2.23. The number of carbonyl (C=O) groups excluding carboxylic acids is 1. The Hall–Kier alpha value is -1.42. The minimum absolute atomic E-state index is 0.358. The molecule has 4 heteroatoms. The van der Waals surface area contributed by atoms with Crippen LogP contribution in [0, 0.1) is 5.92 Å². The first-order valence-electron chi connectivity index (χ1n) is 5.73. The zero-order valence-corrected chi connectivity index (χ0v) is 10.3. The summed E-state index contributed by atoms with van der Waals surface area (Å²) in [4.78, 5) is 16.0. The number of carbonyl (C=O) groups is 1. The molecule has 1 aliphatic carbocycles. The van der Waals surface area contributed by atoms with Gasteiger partial charge < -0.3 is 9.84 Å². The molecule has 0 spiro atoms. The van der Waals surface area contributed by atoms with Crippen molar-refractivity contribution in [3.8, 4) is 0 Å². The third-order valence-corrected chi connectivity index (χ3v) is 2.74. The Kier molecular flexibility index (Phi) is 2.91. The molecule has 1 heterocycles. The zero-order chi connectivity index (χ0) is 12.6. The lowest BCUT2D eigenvalue weighted by atomic mass is 10.0. The SMILES string of the molecule is CC(C)(C)OC(=O)C1Cc2cccnc2C1O. The number of fused-ring (bicyclic) bond motifs is 1. The minimum atomic E-state index is -0.846. The standard InChI is InChI=1S/C13H17NO3/c1-13(2,3)17-12(16)9-7-8-5-4-6-14-10(8)11(9)15/h4-6,9,11,15H,7H2,1-3H3. The number of aliphatic hydroxyl groups is 1. The molecule has 4 nitrogen and oxygen atoms in total. The summed E-state index contributed by atoms with van der Waals surface area (Å²) in [5.74, 6) is -0.887. The van der Waals surface area contributed by atoms with Crippen molar-refractivity contribution in [3.63, 3.8) is 0 Å². The molecule has 1 N–H and O–H groups in total. The Morgan fingerprint density at radius 2 is 2.24 bits per heavy atom. The Morgan fingerprint density at radius 1 is 1.53 bits per heavy atom. The lowest BCUT2D eigenvalue weighted by Crippen LogP contribution is -2.30. The quantitative estimate of drug-likeness (QED) is 0.751. The maximum atomic E-state index is 11.9. The van der Waals surface area contributed by atoms with Crippen molar-refractivity contribution >= 4 is 5.97 Å². The molecular formula is C13H17NO3. The number of nitrogens with zero attached hydrogens (tertiary/aromatic N) is 1. The Morgan fingerprint density at radius 3 is 2.82 bits per heavy atom. The maximum absolute atomic E-state index is 11.9. The molecule has 0 fully saturated rings. The fourth-order valence-corrected chi connectivity index (χ4v) is 2.02. The van der Waals surface area contributed by atoms with Crippen molar-refractivity contribution < 1.29 is 14.6 Å². The summed E-state index contributed by atoms with van der Waals surface area (Å²) >= 11 is 0. The summed E-state index contributed by atoms with van der Waals surface area (Å²) in [6.45, 7) is 5.45. The van der Waals surface area contributed by atoms with E-state index in [1.807, 2.05) is 32.9 Å². The largest absolute Gasteiger partial charge is 0.460 e. The normalized spacial score (nSPS) is 23.3. The second kappa shape index (κ2) is 4.11. The van der Waals surface area contributed by atoms with Gasteiger partial charge in [-0.25, -0.2) is 0 Å². The zero-order valence-electron chi connectivity index (χ0n) is 10.3. The van der Waals surface area contributed by atoms with Crippen LogP contribution in [0.4, 0.5) is 0 Å². The summed E-state index contributed by atoms with van der Waals surface area (Å²) in [7, 11) is 0. The van der Waals surface area contributed by atoms with Crippen LogP contribution in [-0.2, 0) is 16.0 Å². The van der Waals surface area contributed by atoms with Crippen molar-refractivity contribution in [2.75, 3.05) is 0 Å². The van der Waals surface area contributed by atoms with Crippen molar-refractivity contribution in [1.29, 1.82) is 0 Å². The second-order valence-electron chi connectivity index (χ2n) is 5.34. The van der Waals surface area contributed by atoms with Gasteiger partial charge in [-0.2, -0.15) is 0 Å². The van der Waals surface area contributed by atoms with Crippen molar-refractivity contribution in [3.05, 3.63) is 29.6 Å². The van der Waals surface area contributed by atoms with E-state index in [2.05, 4.69) is 4.98 Å². The highest BCUT2D eigenvalue weighted by Crippen LogP contribution is 2.35. The van der Waals surface area contributed by atoms with Gasteiger partial charge in [-0.15, -0.1) is 0 Å². The molecule has 2 rings (SSSR count). The molecule has 0 aliphatic heterocycles. The molecule has 92 valence electrons.